The van der Waals surface area contributed by atoms with Crippen LogP contribution in [0.1, 0.15) is 29.2 Å². The Kier molecular flexibility index (Phi) is 5.40. The number of aromatic nitrogens is 2. The summed E-state index contributed by atoms with van der Waals surface area (Å²) in [6.07, 6.45) is 0. The summed E-state index contributed by atoms with van der Waals surface area (Å²) >= 11 is 1.59. The van der Waals surface area contributed by atoms with Crippen LogP contribution in [0.3, 0.4) is 0 Å². The number of rotatable bonds is 5. The number of carbonyl (C=O) groups excluding carboxylic acids is 1. The molecule has 1 unspecified atom stereocenters. The Labute approximate surface area is 167 Å². The van der Waals surface area contributed by atoms with Gasteiger partial charge in [0.15, 0.2) is 0 Å². The zero-order valence-corrected chi connectivity index (χ0v) is 16.7. The Morgan fingerprint density at radius 1 is 1.21 bits per heavy atom. The van der Waals surface area contributed by atoms with Crippen molar-refractivity contribution < 1.29 is 14.1 Å². The second-order valence-corrected chi connectivity index (χ2v) is 7.62. The predicted molar refractivity (Wildman–Crippen MR) is 106 cm³/mol. The molecule has 1 aliphatic rings. The number of benzene rings is 1. The molecule has 1 aliphatic heterocycles. The highest BCUT2D eigenvalue weighted by Crippen LogP contribution is 2.26. The molecular formula is C20H22N4O3S. The normalized spacial score (nSPS) is 16.1. The highest BCUT2D eigenvalue weighted by molar-refractivity contribution is 7.13. The third-order valence-electron chi connectivity index (χ3n) is 5.01. The molecule has 1 aromatic carbocycles. The summed E-state index contributed by atoms with van der Waals surface area (Å²) in [7, 11) is 1.60. The smallest absolute Gasteiger partial charge is 0.254 e. The average molecular weight is 398 g/mol. The minimum atomic E-state index is 0.00952. The number of ether oxygens (including phenoxy) is 1. The van der Waals surface area contributed by atoms with Gasteiger partial charge in [-0.1, -0.05) is 17.3 Å². The zero-order chi connectivity index (χ0) is 19.5. The molecule has 8 heteroatoms. The van der Waals surface area contributed by atoms with Crippen LogP contribution in [0.15, 0.2) is 46.3 Å². The molecule has 3 heterocycles. The van der Waals surface area contributed by atoms with Gasteiger partial charge in [-0.2, -0.15) is 4.98 Å². The van der Waals surface area contributed by atoms with Crippen LogP contribution < -0.4 is 4.74 Å². The summed E-state index contributed by atoms with van der Waals surface area (Å²) < 4.78 is 10.7. The van der Waals surface area contributed by atoms with Crippen molar-refractivity contribution in [2.24, 2.45) is 0 Å². The second kappa shape index (κ2) is 8.12. The van der Waals surface area contributed by atoms with E-state index in [1.165, 1.54) is 0 Å². The average Bonchev–Trinajstić information content (AvgIpc) is 3.44. The molecule has 1 amide bonds. The molecule has 4 rings (SSSR count). The molecule has 0 saturated carbocycles. The minimum absolute atomic E-state index is 0.00952. The highest BCUT2D eigenvalue weighted by Gasteiger charge is 2.28. The van der Waals surface area contributed by atoms with Gasteiger partial charge in [0, 0.05) is 31.7 Å². The van der Waals surface area contributed by atoms with E-state index in [1.807, 2.05) is 40.6 Å². The van der Waals surface area contributed by atoms with Crippen molar-refractivity contribution in [2.75, 3.05) is 33.3 Å². The lowest BCUT2D eigenvalue weighted by Crippen LogP contribution is -2.49. The first kappa shape index (κ1) is 18.6. The highest BCUT2D eigenvalue weighted by atomic mass is 32.1. The van der Waals surface area contributed by atoms with Gasteiger partial charge in [0.2, 0.25) is 11.7 Å². The fourth-order valence-corrected chi connectivity index (χ4v) is 3.97. The number of piperazine rings is 1. The summed E-state index contributed by atoms with van der Waals surface area (Å²) in [6.45, 7) is 4.89. The molecule has 7 nitrogen and oxygen atoms in total. The van der Waals surface area contributed by atoms with Gasteiger partial charge in [-0.25, -0.2) is 0 Å². The number of nitrogens with zero attached hydrogens (tertiary/aromatic N) is 4. The summed E-state index contributed by atoms with van der Waals surface area (Å²) in [6, 6.07) is 11.2. The van der Waals surface area contributed by atoms with E-state index in [1.54, 1.807) is 24.5 Å². The monoisotopic (exact) mass is 398 g/mol. The number of carbonyl (C=O) groups is 1. The Bertz CT molecular complexity index is 933. The van der Waals surface area contributed by atoms with Gasteiger partial charge in [-0.05, 0) is 36.6 Å². The third kappa shape index (κ3) is 3.79. The number of hydrogen-bond acceptors (Lipinski definition) is 7. The van der Waals surface area contributed by atoms with Gasteiger partial charge in [-0.15, -0.1) is 11.3 Å². The van der Waals surface area contributed by atoms with Gasteiger partial charge < -0.3 is 14.2 Å². The van der Waals surface area contributed by atoms with Crippen molar-refractivity contribution in [1.82, 2.24) is 19.9 Å². The first-order chi connectivity index (χ1) is 13.7. The van der Waals surface area contributed by atoms with Crippen LogP contribution in [0.2, 0.25) is 0 Å². The molecule has 0 spiro atoms. The summed E-state index contributed by atoms with van der Waals surface area (Å²) in [4.78, 5) is 22.4. The molecular weight excluding hydrogens is 376 g/mol. The molecule has 146 valence electrons. The fraction of sp³-hybridized carbons (Fsp3) is 0.350. The maximum atomic E-state index is 12.8. The molecule has 0 N–H and O–H groups in total. The Hall–Kier alpha value is -2.71. The molecule has 3 aromatic rings. The van der Waals surface area contributed by atoms with Gasteiger partial charge >= 0.3 is 0 Å². The molecule has 0 radical (unpaired) electrons. The van der Waals surface area contributed by atoms with Crippen molar-refractivity contribution in [3.8, 4) is 16.5 Å². The van der Waals surface area contributed by atoms with Crippen LogP contribution in [0.5, 0.6) is 5.75 Å². The summed E-state index contributed by atoms with van der Waals surface area (Å²) in [5, 5.41) is 6.09. The van der Waals surface area contributed by atoms with Crippen molar-refractivity contribution in [2.45, 2.75) is 13.0 Å². The van der Waals surface area contributed by atoms with E-state index < -0.39 is 0 Å². The topological polar surface area (TPSA) is 71.7 Å². The summed E-state index contributed by atoms with van der Waals surface area (Å²) in [5.74, 6) is 1.96. The first-order valence-electron chi connectivity index (χ1n) is 9.20. The van der Waals surface area contributed by atoms with E-state index in [4.69, 9.17) is 9.26 Å². The van der Waals surface area contributed by atoms with E-state index in [9.17, 15) is 4.79 Å². The SMILES string of the molecule is COc1cccc(C(=O)N2CCN(C(C)c3nc(-c4cccs4)no3)CC2)c1. The Morgan fingerprint density at radius 3 is 2.75 bits per heavy atom. The number of amides is 1. The maximum absolute atomic E-state index is 12.8. The molecule has 1 atom stereocenters. The van der Waals surface area contributed by atoms with E-state index in [0.717, 1.165) is 18.0 Å². The quantitative estimate of drug-likeness (QED) is 0.657. The molecule has 0 aliphatic carbocycles. The number of thiophene rings is 1. The van der Waals surface area contributed by atoms with Crippen molar-refractivity contribution in [1.29, 1.82) is 0 Å². The van der Waals surface area contributed by atoms with Crippen molar-refractivity contribution >= 4 is 17.2 Å². The fourth-order valence-electron chi connectivity index (χ4n) is 3.32. The van der Waals surface area contributed by atoms with Gasteiger partial charge in [0.25, 0.3) is 5.91 Å². The van der Waals surface area contributed by atoms with Crippen LogP contribution in [0, 0.1) is 0 Å². The lowest BCUT2D eigenvalue weighted by atomic mass is 10.1. The zero-order valence-electron chi connectivity index (χ0n) is 15.9. The largest absolute Gasteiger partial charge is 0.497 e. The standard InChI is InChI=1S/C20H22N4O3S/c1-14(19-21-18(22-27-19)17-7-4-12-28-17)23-8-10-24(11-9-23)20(25)15-5-3-6-16(13-15)26-2/h3-7,12-14H,8-11H2,1-2H3. The van der Waals surface area contributed by atoms with Crippen LogP contribution in [-0.2, 0) is 0 Å². The van der Waals surface area contributed by atoms with Gasteiger partial charge in [-0.3, -0.25) is 9.69 Å². The van der Waals surface area contributed by atoms with Crippen molar-refractivity contribution in [3.05, 3.63) is 53.2 Å². The van der Waals surface area contributed by atoms with Crippen LogP contribution >= 0.6 is 11.3 Å². The Balaban J connectivity index is 1.37. The van der Waals surface area contributed by atoms with E-state index in [2.05, 4.69) is 22.0 Å². The predicted octanol–water partition coefficient (Wildman–Crippen LogP) is 3.33. The maximum Gasteiger partial charge on any atom is 0.254 e. The lowest BCUT2D eigenvalue weighted by Gasteiger charge is -2.36. The van der Waals surface area contributed by atoms with Crippen molar-refractivity contribution in [3.63, 3.8) is 0 Å². The number of hydrogen-bond donors (Lipinski definition) is 0. The van der Waals surface area contributed by atoms with Gasteiger partial charge in [0.05, 0.1) is 18.0 Å². The summed E-state index contributed by atoms with van der Waals surface area (Å²) in [5.41, 5.74) is 0.651. The lowest BCUT2D eigenvalue weighted by molar-refractivity contribution is 0.0551. The first-order valence-corrected chi connectivity index (χ1v) is 10.1. The molecule has 1 fully saturated rings. The van der Waals surface area contributed by atoms with Crippen LogP contribution in [0.4, 0.5) is 0 Å². The molecule has 1 saturated heterocycles. The second-order valence-electron chi connectivity index (χ2n) is 6.67. The Morgan fingerprint density at radius 2 is 2.04 bits per heavy atom. The van der Waals surface area contributed by atoms with Crippen LogP contribution in [0.25, 0.3) is 10.7 Å². The third-order valence-corrected chi connectivity index (χ3v) is 5.87. The molecule has 28 heavy (non-hydrogen) atoms. The molecule has 2 aromatic heterocycles. The van der Waals surface area contributed by atoms with E-state index in [0.29, 0.717) is 36.1 Å². The van der Waals surface area contributed by atoms with Gasteiger partial charge in [0.1, 0.15) is 5.75 Å². The minimum Gasteiger partial charge on any atom is -0.497 e. The van der Waals surface area contributed by atoms with E-state index >= 15 is 0 Å². The van der Waals surface area contributed by atoms with Crippen LogP contribution in [-0.4, -0.2) is 59.1 Å². The number of methoxy groups -OCH3 is 1. The van der Waals surface area contributed by atoms with E-state index in [-0.39, 0.29) is 11.9 Å². The molecule has 0 bridgehead atoms.